The first-order chi connectivity index (χ1) is 7.68. The SMILES string of the molecule is OC1(COc2cnc(Cl)nc2)CCNCC1. The van der Waals surface area contributed by atoms with Crippen LogP contribution in [0.1, 0.15) is 12.8 Å². The lowest BCUT2D eigenvalue weighted by Gasteiger charge is -2.32. The second-order valence-corrected chi connectivity index (χ2v) is 4.29. The maximum atomic E-state index is 10.2. The number of nitrogens with one attached hydrogen (secondary N) is 1. The number of hydrogen-bond acceptors (Lipinski definition) is 5. The van der Waals surface area contributed by atoms with Crippen LogP contribution in [-0.4, -0.2) is 40.4 Å². The third kappa shape index (κ3) is 3.04. The molecule has 0 saturated carbocycles. The summed E-state index contributed by atoms with van der Waals surface area (Å²) in [4.78, 5) is 7.60. The highest BCUT2D eigenvalue weighted by Crippen LogP contribution is 2.19. The second kappa shape index (κ2) is 4.95. The highest BCUT2D eigenvalue weighted by atomic mass is 35.5. The van der Waals surface area contributed by atoms with E-state index in [-0.39, 0.29) is 11.9 Å². The van der Waals surface area contributed by atoms with Crippen molar-refractivity contribution in [2.45, 2.75) is 18.4 Å². The molecule has 1 aromatic heterocycles. The van der Waals surface area contributed by atoms with Crippen molar-refractivity contribution in [3.63, 3.8) is 0 Å². The minimum Gasteiger partial charge on any atom is -0.487 e. The maximum Gasteiger partial charge on any atom is 0.222 e. The van der Waals surface area contributed by atoms with Gasteiger partial charge in [0, 0.05) is 0 Å². The lowest BCUT2D eigenvalue weighted by atomic mass is 9.94. The molecule has 0 radical (unpaired) electrons. The van der Waals surface area contributed by atoms with Gasteiger partial charge in [-0.15, -0.1) is 0 Å². The minimum absolute atomic E-state index is 0.188. The van der Waals surface area contributed by atoms with Crippen LogP contribution < -0.4 is 10.1 Å². The summed E-state index contributed by atoms with van der Waals surface area (Å²) in [6, 6.07) is 0. The van der Waals surface area contributed by atoms with Crippen molar-refractivity contribution in [3.05, 3.63) is 17.7 Å². The van der Waals surface area contributed by atoms with E-state index in [2.05, 4.69) is 15.3 Å². The number of nitrogens with zero attached hydrogens (tertiary/aromatic N) is 2. The van der Waals surface area contributed by atoms with Gasteiger partial charge in [0.1, 0.15) is 12.2 Å². The van der Waals surface area contributed by atoms with Crippen molar-refractivity contribution < 1.29 is 9.84 Å². The van der Waals surface area contributed by atoms with Crippen LogP contribution in [0.25, 0.3) is 0 Å². The first-order valence-electron chi connectivity index (χ1n) is 5.21. The van der Waals surface area contributed by atoms with Crippen LogP contribution in [0.4, 0.5) is 0 Å². The number of rotatable bonds is 3. The van der Waals surface area contributed by atoms with Gasteiger partial charge in [0.15, 0.2) is 5.75 Å². The molecule has 2 heterocycles. The largest absolute Gasteiger partial charge is 0.487 e. The molecule has 1 aliphatic rings. The number of halogens is 1. The minimum atomic E-state index is -0.745. The Morgan fingerprint density at radius 1 is 1.38 bits per heavy atom. The molecule has 0 unspecified atom stereocenters. The summed E-state index contributed by atoms with van der Waals surface area (Å²) in [5.74, 6) is 0.524. The number of hydrogen-bond donors (Lipinski definition) is 2. The fourth-order valence-electron chi connectivity index (χ4n) is 1.63. The van der Waals surface area contributed by atoms with Crippen molar-refractivity contribution >= 4 is 11.6 Å². The first kappa shape index (κ1) is 11.6. The van der Waals surface area contributed by atoms with Crippen LogP contribution in [0.15, 0.2) is 12.4 Å². The highest BCUT2D eigenvalue weighted by molar-refractivity contribution is 6.28. The summed E-state index contributed by atoms with van der Waals surface area (Å²) >= 11 is 5.55. The summed E-state index contributed by atoms with van der Waals surface area (Å²) in [7, 11) is 0. The molecule has 6 heteroatoms. The molecule has 0 bridgehead atoms. The summed E-state index contributed by atoms with van der Waals surface area (Å²) in [5.41, 5.74) is -0.745. The van der Waals surface area contributed by atoms with Gasteiger partial charge in [-0.3, -0.25) is 0 Å². The van der Waals surface area contributed by atoms with Gasteiger partial charge in [-0.25, -0.2) is 9.97 Å². The van der Waals surface area contributed by atoms with E-state index < -0.39 is 5.60 Å². The first-order valence-corrected chi connectivity index (χ1v) is 5.59. The third-order valence-electron chi connectivity index (χ3n) is 2.64. The third-order valence-corrected chi connectivity index (χ3v) is 2.83. The molecule has 1 fully saturated rings. The maximum absolute atomic E-state index is 10.2. The van der Waals surface area contributed by atoms with Crippen LogP contribution in [-0.2, 0) is 0 Å². The lowest BCUT2D eigenvalue weighted by molar-refractivity contribution is -0.0287. The Balaban J connectivity index is 1.88. The zero-order valence-electron chi connectivity index (χ0n) is 8.82. The normalized spacial score (nSPS) is 19.4. The van der Waals surface area contributed by atoms with E-state index in [1.54, 1.807) is 0 Å². The van der Waals surface area contributed by atoms with E-state index in [9.17, 15) is 5.11 Å². The Bertz CT molecular complexity index is 338. The van der Waals surface area contributed by atoms with Gasteiger partial charge in [0.25, 0.3) is 0 Å². The van der Waals surface area contributed by atoms with Crippen molar-refractivity contribution in [3.8, 4) is 5.75 Å². The van der Waals surface area contributed by atoms with Crippen molar-refractivity contribution in [1.82, 2.24) is 15.3 Å². The van der Waals surface area contributed by atoms with Gasteiger partial charge in [0.2, 0.25) is 5.28 Å². The molecule has 2 rings (SSSR count). The Kier molecular flexibility index (Phi) is 3.58. The van der Waals surface area contributed by atoms with Gasteiger partial charge in [-0.1, -0.05) is 0 Å². The molecule has 0 amide bonds. The molecule has 1 saturated heterocycles. The number of piperidine rings is 1. The number of aromatic nitrogens is 2. The lowest BCUT2D eigenvalue weighted by Crippen LogP contribution is -2.45. The van der Waals surface area contributed by atoms with Gasteiger partial charge in [0.05, 0.1) is 12.4 Å². The van der Waals surface area contributed by atoms with Crippen LogP contribution in [0, 0.1) is 0 Å². The fourth-order valence-corrected chi connectivity index (χ4v) is 1.73. The Labute approximate surface area is 98.8 Å². The van der Waals surface area contributed by atoms with Crippen molar-refractivity contribution in [2.24, 2.45) is 0 Å². The average molecular weight is 244 g/mol. The quantitative estimate of drug-likeness (QED) is 0.762. The van der Waals surface area contributed by atoms with Gasteiger partial charge in [-0.2, -0.15) is 0 Å². The summed E-state index contributed by atoms with van der Waals surface area (Å²) in [6.07, 6.45) is 4.39. The van der Waals surface area contributed by atoms with Crippen LogP contribution in [0.3, 0.4) is 0 Å². The molecular weight excluding hydrogens is 230 g/mol. The van der Waals surface area contributed by atoms with Crippen LogP contribution in [0.2, 0.25) is 5.28 Å². The summed E-state index contributed by atoms with van der Waals surface area (Å²) in [5, 5.41) is 13.5. The molecule has 0 spiro atoms. The summed E-state index contributed by atoms with van der Waals surface area (Å²) in [6.45, 7) is 1.90. The number of ether oxygens (including phenoxy) is 1. The van der Waals surface area contributed by atoms with E-state index in [1.807, 2.05) is 0 Å². The van der Waals surface area contributed by atoms with E-state index in [1.165, 1.54) is 12.4 Å². The van der Waals surface area contributed by atoms with E-state index in [0.29, 0.717) is 18.6 Å². The molecule has 16 heavy (non-hydrogen) atoms. The smallest absolute Gasteiger partial charge is 0.222 e. The predicted octanol–water partition coefficient (Wildman–Crippen LogP) is 0.623. The Morgan fingerprint density at radius 3 is 2.62 bits per heavy atom. The standard InChI is InChI=1S/C10H14ClN3O2/c11-9-13-5-8(6-14-9)16-7-10(15)1-3-12-4-2-10/h5-6,12,15H,1-4,7H2. The molecule has 0 aliphatic carbocycles. The fraction of sp³-hybridized carbons (Fsp3) is 0.600. The Morgan fingerprint density at radius 2 is 2.00 bits per heavy atom. The number of aliphatic hydroxyl groups is 1. The molecule has 0 atom stereocenters. The van der Waals surface area contributed by atoms with E-state index in [0.717, 1.165) is 13.1 Å². The van der Waals surface area contributed by atoms with E-state index >= 15 is 0 Å². The molecule has 1 aromatic rings. The van der Waals surface area contributed by atoms with Gasteiger partial charge in [-0.05, 0) is 37.5 Å². The average Bonchev–Trinajstić information content (AvgIpc) is 2.29. The van der Waals surface area contributed by atoms with Gasteiger partial charge >= 0.3 is 0 Å². The summed E-state index contributed by atoms with van der Waals surface area (Å²) < 4.78 is 5.44. The molecule has 0 aromatic carbocycles. The second-order valence-electron chi connectivity index (χ2n) is 3.95. The zero-order valence-corrected chi connectivity index (χ0v) is 9.57. The molecule has 5 nitrogen and oxygen atoms in total. The molecule has 1 aliphatic heterocycles. The highest BCUT2D eigenvalue weighted by Gasteiger charge is 2.29. The monoisotopic (exact) mass is 243 g/mol. The molecular formula is C10H14ClN3O2. The van der Waals surface area contributed by atoms with Crippen LogP contribution in [0.5, 0.6) is 5.75 Å². The Hall–Kier alpha value is -0.910. The van der Waals surface area contributed by atoms with Gasteiger partial charge < -0.3 is 15.2 Å². The van der Waals surface area contributed by atoms with Crippen molar-refractivity contribution in [2.75, 3.05) is 19.7 Å². The molecule has 88 valence electrons. The topological polar surface area (TPSA) is 67.3 Å². The molecule has 2 N–H and O–H groups in total. The van der Waals surface area contributed by atoms with Crippen molar-refractivity contribution in [1.29, 1.82) is 0 Å². The van der Waals surface area contributed by atoms with E-state index in [4.69, 9.17) is 16.3 Å². The van der Waals surface area contributed by atoms with Crippen LogP contribution >= 0.6 is 11.6 Å². The zero-order chi connectivity index (χ0) is 11.4. The predicted molar refractivity (Wildman–Crippen MR) is 59.6 cm³/mol.